The van der Waals surface area contributed by atoms with Crippen LogP contribution in [0.2, 0.25) is 0 Å². The maximum Gasteiger partial charge on any atom is 0.251 e. The van der Waals surface area contributed by atoms with Crippen LogP contribution in [0.4, 0.5) is 10.1 Å². The molecule has 0 unspecified atom stereocenters. The molecule has 0 fully saturated rings. The van der Waals surface area contributed by atoms with Gasteiger partial charge in [-0.1, -0.05) is 0 Å². The Morgan fingerprint density at radius 2 is 2.32 bits per heavy atom. The molecular formula is C13H14FN3OS. The Morgan fingerprint density at radius 1 is 1.53 bits per heavy atom. The van der Waals surface area contributed by atoms with E-state index in [0.29, 0.717) is 18.5 Å². The molecule has 0 aliphatic carbocycles. The first kappa shape index (κ1) is 13.5. The van der Waals surface area contributed by atoms with E-state index in [0.717, 1.165) is 10.7 Å². The summed E-state index contributed by atoms with van der Waals surface area (Å²) in [6, 6.07) is 3.93. The van der Waals surface area contributed by atoms with Gasteiger partial charge in [0.05, 0.1) is 10.7 Å². The first-order valence-electron chi connectivity index (χ1n) is 5.80. The quantitative estimate of drug-likeness (QED) is 0.843. The van der Waals surface area contributed by atoms with Crippen molar-refractivity contribution in [2.75, 3.05) is 12.3 Å². The highest BCUT2D eigenvalue weighted by Crippen LogP contribution is 2.12. The van der Waals surface area contributed by atoms with Crippen molar-refractivity contribution < 1.29 is 9.18 Å². The summed E-state index contributed by atoms with van der Waals surface area (Å²) in [7, 11) is 0. The van der Waals surface area contributed by atoms with Gasteiger partial charge in [0.15, 0.2) is 0 Å². The number of amides is 1. The molecule has 2 aromatic rings. The Bertz CT molecular complexity index is 597. The Morgan fingerprint density at radius 3 is 2.95 bits per heavy atom. The average molecular weight is 279 g/mol. The molecule has 2 rings (SSSR count). The van der Waals surface area contributed by atoms with Crippen molar-refractivity contribution in [1.29, 1.82) is 0 Å². The first-order chi connectivity index (χ1) is 9.06. The van der Waals surface area contributed by atoms with E-state index >= 15 is 0 Å². The second-order valence-corrected chi connectivity index (χ2v) is 5.07. The summed E-state index contributed by atoms with van der Waals surface area (Å²) in [5, 5.41) is 5.71. The van der Waals surface area contributed by atoms with Crippen LogP contribution < -0.4 is 11.1 Å². The summed E-state index contributed by atoms with van der Waals surface area (Å²) in [6.07, 6.45) is 0.681. The predicted molar refractivity (Wildman–Crippen MR) is 73.7 cm³/mol. The largest absolute Gasteiger partial charge is 0.396 e. The van der Waals surface area contributed by atoms with Gasteiger partial charge < -0.3 is 11.1 Å². The molecule has 0 radical (unpaired) electrons. The Kier molecular flexibility index (Phi) is 4.11. The number of nitrogen functional groups attached to an aromatic ring is 1. The first-order valence-corrected chi connectivity index (χ1v) is 6.68. The summed E-state index contributed by atoms with van der Waals surface area (Å²) in [6.45, 7) is 2.42. The van der Waals surface area contributed by atoms with Crippen molar-refractivity contribution in [1.82, 2.24) is 10.3 Å². The van der Waals surface area contributed by atoms with Gasteiger partial charge in [-0.2, -0.15) is 0 Å². The summed E-state index contributed by atoms with van der Waals surface area (Å²) in [4.78, 5) is 16.1. The van der Waals surface area contributed by atoms with Gasteiger partial charge in [0.2, 0.25) is 0 Å². The van der Waals surface area contributed by atoms with Crippen molar-refractivity contribution in [3.8, 4) is 0 Å². The van der Waals surface area contributed by atoms with E-state index in [1.54, 1.807) is 11.3 Å². The van der Waals surface area contributed by atoms with Crippen LogP contribution in [-0.4, -0.2) is 17.4 Å². The monoisotopic (exact) mass is 279 g/mol. The third-order valence-electron chi connectivity index (χ3n) is 2.55. The fourth-order valence-corrected chi connectivity index (χ4v) is 2.36. The molecule has 0 saturated heterocycles. The van der Waals surface area contributed by atoms with Gasteiger partial charge >= 0.3 is 0 Å². The third-order valence-corrected chi connectivity index (χ3v) is 3.58. The van der Waals surface area contributed by atoms with Crippen molar-refractivity contribution in [3.05, 3.63) is 45.7 Å². The molecule has 1 heterocycles. The number of aryl methyl sites for hydroxylation is 1. The van der Waals surface area contributed by atoms with E-state index < -0.39 is 5.82 Å². The number of nitrogens with zero attached hydrogens (tertiary/aromatic N) is 1. The van der Waals surface area contributed by atoms with Crippen LogP contribution in [0.1, 0.15) is 21.1 Å². The van der Waals surface area contributed by atoms with Crippen LogP contribution in [0.3, 0.4) is 0 Å². The number of nitrogens with two attached hydrogens (primary N) is 1. The second-order valence-electron chi connectivity index (χ2n) is 4.12. The number of hydrogen-bond donors (Lipinski definition) is 2. The van der Waals surface area contributed by atoms with E-state index in [1.165, 1.54) is 18.2 Å². The number of benzene rings is 1. The Labute approximate surface area is 114 Å². The maximum absolute atomic E-state index is 13.0. The van der Waals surface area contributed by atoms with Gasteiger partial charge in [-0.3, -0.25) is 4.79 Å². The fraction of sp³-hybridized carbons (Fsp3) is 0.231. The third kappa shape index (κ3) is 3.51. The van der Waals surface area contributed by atoms with Crippen molar-refractivity contribution in [2.45, 2.75) is 13.3 Å². The minimum absolute atomic E-state index is 0.0248. The molecule has 19 heavy (non-hydrogen) atoms. The van der Waals surface area contributed by atoms with Gasteiger partial charge in [0.25, 0.3) is 5.91 Å². The van der Waals surface area contributed by atoms with Crippen LogP contribution in [0, 0.1) is 12.7 Å². The molecule has 1 aromatic carbocycles. The normalized spacial score (nSPS) is 10.4. The van der Waals surface area contributed by atoms with E-state index in [4.69, 9.17) is 5.73 Å². The van der Waals surface area contributed by atoms with E-state index in [2.05, 4.69) is 10.3 Å². The van der Waals surface area contributed by atoms with Gasteiger partial charge in [-0.15, -0.1) is 11.3 Å². The van der Waals surface area contributed by atoms with E-state index in [-0.39, 0.29) is 11.6 Å². The second kappa shape index (κ2) is 5.79. The van der Waals surface area contributed by atoms with Crippen LogP contribution >= 0.6 is 11.3 Å². The highest BCUT2D eigenvalue weighted by molar-refractivity contribution is 7.09. The number of thiazole rings is 1. The number of halogens is 1. The summed E-state index contributed by atoms with van der Waals surface area (Å²) < 4.78 is 13.0. The van der Waals surface area contributed by atoms with Crippen molar-refractivity contribution in [2.24, 2.45) is 0 Å². The Balaban J connectivity index is 1.89. The van der Waals surface area contributed by atoms with Gasteiger partial charge in [0, 0.05) is 29.6 Å². The number of carbonyl (C=O) groups is 1. The minimum Gasteiger partial charge on any atom is -0.396 e. The average Bonchev–Trinajstić information content (AvgIpc) is 2.78. The molecule has 0 saturated carbocycles. The minimum atomic E-state index is -0.519. The Hall–Kier alpha value is -1.95. The number of nitrogens with one attached hydrogen (secondary N) is 1. The van der Waals surface area contributed by atoms with Crippen molar-refractivity contribution in [3.63, 3.8) is 0 Å². The maximum atomic E-state index is 13.0. The lowest BCUT2D eigenvalue weighted by Gasteiger charge is -2.05. The molecule has 0 aliphatic heterocycles. The molecule has 1 amide bonds. The smallest absolute Gasteiger partial charge is 0.251 e. The molecule has 0 aliphatic rings. The SMILES string of the molecule is Cc1csc(CCNC(=O)c2ccc(F)c(N)c2)n1. The molecular weight excluding hydrogens is 265 g/mol. The molecule has 1 aromatic heterocycles. The molecule has 100 valence electrons. The summed E-state index contributed by atoms with van der Waals surface area (Å²) in [5.74, 6) is -0.783. The van der Waals surface area contributed by atoms with Gasteiger partial charge in [-0.25, -0.2) is 9.37 Å². The molecule has 0 spiro atoms. The van der Waals surface area contributed by atoms with Crippen LogP contribution in [0.15, 0.2) is 23.6 Å². The summed E-state index contributed by atoms with van der Waals surface area (Å²) in [5.41, 5.74) is 6.73. The zero-order valence-electron chi connectivity index (χ0n) is 10.4. The highest BCUT2D eigenvalue weighted by atomic mass is 32.1. The topological polar surface area (TPSA) is 68.0 Å². The van der Waals surface area contributed by atoms with Gasteiger partial charge in [0.1, 0.15) is 5.82 Å². The number of hydrogen-bond acceptors (Lipinski definition) is 4. The van der Waals surface area contributed by atoms with Crippen molar-refractivity contribution >= 4 is 22.9 Å². The number of anilines is 1. The lowest BCUT2D eigenvalue weighted by atomic mass is 10.2. The van der Waals surface area contributed by atoms with Crippen LogP contribution in [-0.2, 0) is 6.42 Å². The standard InChI is InChI=1S/C13H14FN3OS/c1-8-7-19-12(17-8)4-5-16-13(18)9-2-3-10(14)11(15)6-9/h2-3,6-7H,4-5,15H2,1H3,(H,16,18). The number of rotatable bonds is 4. The van der Waals surface area contributed by atoms with Crippen LogP contribution in [0.25, 0.3) is 0 Å². The highest BCUT2D eigenvalue weighted by Gasteiger charge is 2.08. The molecule has 0 bridgehead atoms. The fourth-order valence-electron chi connectivity index (χ4n) is 1.59. The lowest BCUT2D eigenvalue weighted by Crippen LogP contribution is -2.25. The molecule has 6 heteroatoms. The van der Waals surface area contributed by atoms with Crippen LogP contribution in [0.5, 0.6) is 0 Å². The van der Waals surface area contributed by atoms with Gasteiger partial charge in [-0.05, 0) is 25.1 Å². The number of carbonyl (C=O) groups excluding carboxylic acids is 1. The molecule has 3 N–H and O–H groups in total. The number of aromatic nitrogens is 1. The van der Waals surface area contributed by atoms with E-state index in [9.17, 15) is 9.18 Å². The zero-order valence-corrected chi connectivity index (χ0v) is 11.3. The zero-order chi connectivity index (χ0) is 13.8. The molecule has 0 atom stereocenters. The molecule has 4 nitrogen and oxygen atoms in total. The predicted octanol–water partition coefficient (Wildman–Crippen LogP) is 2.15. The van der Waals surface area contributed by atoms with E-state index in [1.807, 2.05) is 12.3 Å². The summed E-state index contributed by atoms with van der Waals surface area (Å²) >= 11 is 1.57. The lowest BCUT2D eigenvalue weighted by molar-refractivity contribution is 0.0954.